The minimum absolute atomic E-state index is 0.182. The summed E-state index contributed by atoms with van der Waals surface area (Å²) in [6.07, 6.45) is 10.3. The van der Waals surface area contributed by atoms with Crippen molar-refractivity contribution in [2.24, 2.45) is 5.84 Å². The summed E-state index contributed by atoms with van der Waals surface area (Å²) in [5.74, 6) is 6.62. The molecule has 0 saturated carbocycles. The number of hydrogen-bond acceptors (Lipinski definition) is 3. The van der Waals surface area contributed by atoms with E-state index >= 15 is 0 Å². The molecule has 0 aliphatic carbocycles. The molecular weight excluding hydrogens is 248 g/mol. The van der Waals surface area contributed by atoms with Gasteiger partial charge in [-0.05, 0) is 12.5 Å². The van der Waals surface area contributed by atoms with E-state index in [1.807, 2.05) is 18.2 Å². The van der Waals surface area contributed by atoms with Crippen molar-refractivity contribution in [1.29, 1.82) is 0 Å². The van der Waals surface area contributed by atoms with Crippen molar-refractivity contribution < 1.29 is 4.74 Å². The maximum atomic E-state index is 5.70. The monoisotopic (exact) mass is 278 g/mol. The summed E-state index contributed by atoms with van der Waals surface area (Å²) >= 11 is 0. The summed E-state index contributed by atoms with van der Waals surface area (Å²) in [4.78, 5) is 0. The molecule has 1 aromatic carbocycles. The largest absolute Gasteiger partial charge is 0.496 e. The predicted molar refractivity (Wildman–Crippen MR) is 85.7 cm³/mol. The maximum Gasteiger partial charge on any atom is 0.123 e. The van der Waals surface area contributed by atoms with Gasteiger partial charge in [-0.1, -0.05) is 70.1 Å². The summed E-state index contributed by atoms with van der Waals surface area (Å²) in [6.45, 7) is 2.25. The molecule has 20 heavy (non-hydrogen) atoms. The van der Waals surface area contributed by atoms with Gasteiger partial charge in [0.05, 0.1) is 7.11 Å². The van der Waals surface area contributed by atoms with Gasteiger partial charge in [0, 0.05) is 11.6 Å². The molecular formula is C17H30N2O. The Kier molecular flexibility index (Phi) is 9.09. The Labute approximate surface area is 123 Å². The molecule has 1 unspecified atom stereocenters. The number of methoxy groups -OCH3 is 1. The molecule has 0 spiro atoms. The Morgan fingerprint density at radius 1 is 1.05 bits per heavy atom. The topological polar surface area (TPSA) is 47.3 Å². The first-order valence-corrected chi connectivity index (χ1v) is 7.92. The van der Waals surface area contributed by atoms with E-state index in [-0.39, 0.29) is 6.04 Å². The first-order valence-electron chi connectivity index (χ1n) is 7.92. The number of unbranched alkanes of at least 4 members (excludes halogenated alkanes) is 6. The van der Waals surface area contributed by atoms with Crippen molar-refractivity contribution in [3.8, 4) is 5.75 Å². The zero-order valence-corrected chi connectivity index (χ0v) is 13.0. The van der Waals surface area contributed by atoms with Crippen LogP contribution in [0.15, 0.2) is 24.3 Å². The third-order valence-corrected chi connectivity index (χ3v) is 3.81. The van der Waals surface area contributed by atoms with Crippen molar-refractivity contribution in [3.63, 3.8) is 0 Å². The first-order chi connectivity index (χ1) is 9.83. The Hall–Kier alpha value is -1.06. The van der Waals surface area contributed by atoms with Crippen LogP contribution >= 0.6 is 0 Å². The molecule has 3 nitrogen and oxygen atoms in total. The second kappa shape index (κ2) is 10.7. The van der Waals surface area contributed by atoms with Crippen LogP contribution in [0, 0.1) is 0 Å². The van der Waals surface area contributed by atoms with E-state index in [0.717, 1.165) is 17.7 Å². The Balaban J connectivity index is 2.32. The first kappa shape index (κ1) is 17.0. The number of ether oxygens (including phenoxy) is 1. The lowest BCUT2D eigenvalue weighted by atomic mass is 9.99. The zero-order chi connectivity index (χ0) is 14.6. The van der Waals surface area contributed by atoms with Gasteiger partial charge >= 0.3 is 0 Å². The number of hydrazine groups is 1. The number of nitrogens with two attached hydrogens (primary N) is 1. The lowest BCUT2D eigenvalue weighted by molar-refractivity contribution is 0.392. The molecule has 0 radical (unpaired) electrons. The number of rotatable bonds is 11. The van der Waals surface area contributed by atoms with Crippen LogP contribution in [-0.2, 0) is 0 Å². The van der Waals surface area contributed by atoms with Crippen LogP contribution in [0.4, 0.5) is 0 Å². The van der Waals surface area contributed by atoms with Gasteiger partial charge < -0.3 is 4.74 Å². The maximum absolute atomic E-state index is 5.70. The van der Waals surface area contributed by atoms with Gasteiger partial charge in [0.25, 0.3) is 0 Å². The third kappa shape index (κ3) is 5.93. The van der Waals surface area contributed by atoms with Gasteiger partial charge in [-0.3, -0.25) is 11.3 Å². The highest BCUT2D eigenvalue weighted by molar-refractivity contribution is 5.35. The third-order valence-electron chi connectivity index (χ3n) is 3.81. The number of benzene rings is 1. The van der Waals surface area contributed by atoms with Crippen LogP contribution in [0.1, 0.15) is 69.9 Å². The van der Waals surface area contributed by atoms with Crippen LogP contribution < -0.4 is 16.0 Å². The highest BCUT2D eigenvalue weighted by Gasteiger charge is 2.13. The average Bonchev–Trinajstić information content (AvgIpc) is 2.50. The van der Waals surface area contributed by atoms with Crippen molar-refractivity contribution in [2.75, 3.05) is 7.11 Å². The fourth-order valence-corrected chi connectivity index (χ4v) is 2.59. The van der Waals surface area contributed by atoms with Crippen LogP contribution in [0.3, 0.4) is 0 Å². The molecule has 114 valence electrons. The number of nitrogens with one attached hydrogen (secondary N) is 1. The van der Waals surface area contributed by atoms with Gasteiger partial charge in [0.1, 0.15) is 5.75 Å². The lowest BCUT2D eigenvalue weighted by Crippen LogP contribution is -2.28. The van der Waals surface area contributed by atoms with Gasteiger partial charge in [-0.25, -0.2) is 0 Å². The summed E-state index contributed by atoms with van der Waals surface area (Å²) < 4.78 is 5.40. The summed E-state index contributed by atoms with van der Waals surface area (Å²) in [7, 11) is 1.71. The van der Waals surface area contributed by atoms with Crippen molar-refractivity contribution in [1.82, 2.24) is 5.43 Å². The smallest absolute Gasteiger partial charge is 0.123 e. The molecule has 0 saturated heterocycles. The highest BCUT2D eigenvalue weighted by Crippen LogP contribution is 2.27. The van der Waals surface area contributed by atoms with E-state index in [2.05, 4.69) is 18.4 Å². The van der Waals surface area contributed by atoms with E-state index in [4.69, 9.17) is 10.6 Å². The van der Waals surface area contributed by atoms with E-state index in [1.165, 1.54) is 44.9 Å². The molecule has 1 aromatic rings. The van der Waals surface area contributed by atoms with Crippen molar-refractivity contribution in [3.05, 3.63) is 29.8 Å². The predicted octanol–water partition coefficient (Wildman–Crippen LogP) is 4.34. The minimum Gasteiger partial charge on any atom is -0.496 e. The van der Waals surface area contributed by atoms with E-state index < -0.39 is 0 Å². The zero-order valence-electron chi connectivity index (χ0n) is 13.0. The molecule has 1 atom stereocenters. The van der Waals surface area contributed by atoms with Crippen molar-refractivity contribution in [2.45, 2.75) is 64.3 Å². The Morgan fingerprint density at radius 2 is 1.70 bits per heavy atom. The number of hydrogen-bond donors (Lipinski definition) is 2. The Morgan fingerprint density at radius 3 is 2.35 bits per heavy atom. The molecule has 0 aliphatic rings. The summed E-state index contributed by atoms with van der Waals surface area (Å²) in [5.41, 5.74) is 4.08. The second-order valence-electron chi connectivity index (χ2n) is 5.37. The van der Waals surface area contributed by atoms with Gasteiger partial charge in [-0.15, -0.1) is 0 Å². The average molecular weight is 278 g/mol. The van der Waals surface area contributed by atoms with Crippen LogP contribution in [0.25, 0.3) is 0 Å². The molecule has 1 rings (SSSR count). The molecule has 0 heterocycles. The van der Waals surface area contributed by atoms with Crippen LogP contribution in [0.5, 0.6) is 5.75 Å². The molecule has 0 amide bonds. The molecule has 0 aliphatic heterocycles. The fraction of sp³-hybridized carbons (Fsp3) is 0.647. The molecule has 0 aromatic heterocycles. The van der Waals surface area contributed by atoms with Crippen LogP contribution in [-0.4, -0.2) is 7.11 Å². The van der Waals surface area contributed by atoms with E-state index in [0.29, 0.717) is 0 Å². The fourth-order valence-electron chi connectivity index (χ4n) is 2.59. The standard InChI is InChI=1S/C17H30N2O/c1-3-4-5-6-7-8-9-13-16(19-18)15-12-10-11-14-17(15)20-2/h10-12,14,16,19H,3-9,13,18H2,1-2H3. The highest BCUT2D eigenvalue weighted by atomic mass is 16.5. The van der Waals surface area contributed by atoms with Crippen molar-refractivity contribution >= 4 is 0 Å². The summed E-state index contributed by atoms with van der Waals surface area (Å²) in [6, 6.07) is 8.29. The van der Waals surface area contributed by atoms with Gasteiger partial charge in [0.15, 0.2) is 0 Å². The molecule has 0 bridgehead atoms. The van der Waals surface area contributed by atoms with Crippen LogP contribution in [0.2, 0.25) is 0 Å². The van der Waals surface area contributed by atoms with Gasteiger partial charge in [0.2, 0.25) is 0 Å². The summed E-state index contributed by atoms with van der Waals surface area (Å²) in [5, 5.41) is 0. The quantitative estimate of drug-likeness (QED) is 0.359. The minimum atomic E-state index is 0.182. The van der Waals surface area contributed by atoms with Gasteiger partial charge in [-0.2, -0.15) is 0 Å². The normalized spacial score (nSPS) is 12.3. The lowest BCUT2D eigenvalue weighted by Gasteiger charge is -2.18. The molecule has 3 heteroatoms. The van der Waals surface area contributed by atoms with E-state index in [9.17, 15) is 0 Å². The molecule has 3 N–H and O–H groups in total. The Bertz CT molecular complexity index is 355. The second-order valence-corrected chi connectivity index (χ2v) is 5.37. The van der Waals surface area contributed by atoms with E-state index in [1.54, 1.807) is 7.11 Å². The SMILES string of the molecule is CCCCCCCCCC(NN)c1ccccc1OC. The molecule has 0 fully saturated rings. The number of para-hydroxylation sites is 1.